The molecule has 0 spiro atoms. The molecule has 98 valence electrons. The molecule has 0 unspecified atom stereocenters. The number of nitriles is 1. The van der Waals surface area contributed by atoms with Crippen molar-refractivity contribution in [2.24, 2.45) is 0 Å². The van der Waals surface area contributed by atoms with Crippen LogP contribution >= 0.6 is 11.6 Å². The molecule has 0 aliphatic rings. The maximum atomic E-state index is 12.2. The Hall–Kier alpha value is -1.68. The highest BCUT2D eigenvalue weighted by molar-refractivity contribution is 6.17. The molecule has 0 radical (unpaired) electrons. The molecular weight excluding hydrogens is 273 g/mol. The van der Waals surface area contributed by atoms with Gasteiger partial charge in [-0.2, -0.15) is 5.26 Å². The van der Waals surface area contributed by atoms with Gasteiger partial charge < -0.3 is 9.47 Å². The predicted molar refractivity (Wildman–Crippen MR) is 56.3 cm³/mol. The molecule has 0 saturated heterocycles. The van der Waals surface area contributed by atoms with Gasteiger partial charge in [0, 0.05) is 5.56 Å². The van der Waals surface area contributed by atoms with Gasteiger partial charge in [-0.25, -0.2) is 4.98 Å². The Labute approximate surface area is 106 Å². The number of ether oxygens (including phenoxy) is 2. The van der Waals surface area contributed by atoms with Crippen LogP contribution in [0, 0.1) is 11.3 Å². The van der Waals surface area contributed by atoms with Crippen molar-refractivity contribution < 1.29 is 22.6 Å². The van der Waals surface area contributed by atoms with Crippen LogP contribution in [-0.2, 0) is 12.3 Å². The highest BCUT2D eigenvalue weighted by atomic mass is 35.5. The minimum absolute atomic E-state index is 0.0134. The van der Waals surface area contributed by atoms with Crippen LogP contribution in [0.2, 0.25) is 0 Å². The maximum absolute atomic E-state index is 12.2. The van der Waals surface area contributed by atoms with Crippen LogP contribution in [-0.4, -0.2) is 18.5 Å². The van der Waals surface area contributed by atoms with Gasteiger partial charge in [0.15, 0.2) is 0 Å². The van der Waals surface area contributed by atoms with Crippen LogP contribution in [0.15, 0.2) is 6.07 Å². The van der Waals surface area contributed by atoms with Gasteiger partial charge in [-0.3, -0.25) is 0 Å². The first-order valence-electron chi connectivity index (χ1n) is 4.66. The number of methoxy groups -OCH3 is 1. The van der Waals surface area contributed by atoms with Crippen molar-refractivity contribution in [3.05, 3.63) is 17.3 Å². The summed E-state index contributed by atoms with van der Waals surface area (Å²) < 4.78 is 45.2. The molecule has 0 saturated carbocycles. The third-order valence-corrected chi connectivity index (χ3v) is 2.18. The van der Waals surface area contributed by atoms with Crippen molar-refractivity contribution in [1.29, 1.82) is 5.26 Å². The molecule has 0 atom stereocenters. The standard InChI is InChI=1S/C10H8ClF3N2O2/c1-17-8-4-6(2-3-15)9(16-7(8)5-11)18-10(12,13)14/h4H,2,5H2,1H3. The second-order valence-corrected chi connectivity index (χ2v) is 3.39. The fraction of sp³-hybridized carbons (Fsp3) is 0.400. The summed E-state index contributed by atoms with van der Waals surface area (Å²) in [5.74, 6) is -0.602. The predicted octanol–water partition coefficient (Wildman–Crippen LogP) is 2.79. The van der Waals surface area contributed by atoms with Crippen LogP contribution in [0.1, 0.15) is 11.3 Å². The van der Waals surface area contributed by atoms with Gasteiger partial charge in [0.2, 0.25) is 5.88 Å². The first-order valence-corrected chi connectivity index (χ1v) is 5.20. The topological polar surface area (TPSA) is 55.1 Å². The van der Waals surface area contributed by atoms with Crippen molar-refractivity contribution in [3.63, 3.8) is 0 Å². The zero-order valence-electron chi connectivity index (χ0n) is 9.21. The summed E-state index contributed by atoms with van der Waals surface area (Å²) in [5.41, 5.74) is 0.0978. The van der Waals surface area contributed by atoms with Crippen molar-refractivity contribution >= 4 is 11.6 Å². The lowest BCUT2D eigenvalue weighted by atomic mass is 10.2. The largest absolute Gasteiger partial charge is 0.574 e. The van der Waals surface area contributed by atoms with Gasteiger partial charge in [-0.15, -0.1) is 24.8 Å². The Morgan fingerprint density at radius 3 is 2.61 bits per heavy atom. The normalized spacial score (nSPS) is 10.9. The summed E-state index contributed by atoms with van der Waals surface area (Å²) in [6.07, 6.45) is -5.16. The summed E-state index contributed by atoms with van der Waals surface area (Å²) >= 11 is 5.54. The van der Waals surface area contributed by atoms with Crippen LogP contribution in [0.25, 0.3) is 0 Å². The first-order chi connectivity index (χ1) is 8.41. The summed E-state index contributed by atoms with van der Waals surface area (Å²) in [5, 5.41) is 8.55. The number of hydrogen-bond acceptors (Lipinski definition) is 4. The molecule has 8 heteroatoms. The minimum Gasteiger partial charge on any atom is -0.495 e. The van der Waals surface area contributed by atoms with Gasteiger partial charge in [0.05, 0.1) is 25.5 Å². The lowest BCUT2D eigenvalue weighted by Crippen LogP contribution is -2.19. The monoisotopic (exact) mass is 280 g/mol. The molecule has 0 fully saturated rings. The fourth-order valence-electron chi connectivity index (χ4n) is 1.24. The number of halogens is 4. The Kier molecular flexibility index (Phi) is 4.62. The molecule has 0 aromatic carbocycles. The molecule has 1 aromatic heterocycles. The number of nitrogens with zero attached hydrogens (tertiary/aromatic N) is 2. The quantitative estimate of drug-likeness (QED) is 0.796. The maximum Gasteiger partial charge on any atom is 0.574 e. The SMILES string of the molecule is COc1cc(CC#N)c(OC(F)(F)F)nc1CCl. The molecule has 0 bridgehead atoms. The van der Waals surface area contributed by atoms with Crippen molar-refractivity contribution in [1.82, 2.24) is 4.98 Å². The van der Waals surface area contributed by atoms with Crippen molar-refractivity contribution in [2.75, 3.05) is 7.11 Å². The van der Waals surface area contributed by atoms with Gasteiger partial charge in [0.25, 0.3) is 0 Å². The summed E-state index contributed by atoms with van der Waals surface area (Å²) in [7, 11) is 1.33. The smallest absolute Gasteiger partial charge is 0.495 e. The van der Waals surface area contributed by atoms with Gasteiger partial charge in [0.1, 0.15) is 11.4 Å². The number of pyridine rings is 1. The molecule has 0 aliphatic heterocycles. The lowest BCUT2D eigenvalue weighted by Gasteiger charge is -2.14. The number of rotatable bonds is 4. The molecular formula is C10H8ClF3N2O2. The van der Waals surface area contributed by atoms with E-state index in [4.69, 9.17) is 21.6 Å². The third kappa shape index (κ3) is 3.67. The van der Waals surface area contributed by atoms with Crippen LogP contribution in [0.3, 0.4) is 0 Å². The molecule has 0 aliphatic carbocycles. The van der Waals surface area contributed by atoms with Crippen LogP contribution < -0.4 is 9.47 Å². The summed E-state index contributed by atoms with van der Waals surface area (Å²) in [4.78, 5) is 3.62. The molecule has 4 nitrogen and oxygen atoms in total. The van der Waals surface area contributed by atoms with E-state index in [2.05, 4.69) is 9.72 Å². The van der Waals surface area contributed by atoms with Crippen LogP contribution in [0.4, 0.5) is 13.2 Å². The van der Waals surface area contributed by atoms with Crippen molar-refractivity contribution in [2.45, 2.75) is 18.7 Å². The zero-order valence-corrected chi connectivity index (χ0v) is 9.97. The average molecular weight is 281 g/mol. The van der Waals surface area contributed by atoms with E-state index >= 15 is 0 Å². The lowest BCUT2D eigenvalue weighted by molar-refractivity contribution is -0.276. The number of aromatic nitrogens is 1. The summed E-state index contributed by atoms with van der Waals surface area (Å²) in [6, 6.07) is 2.98. The highest BCUT2D eigenvalue weighted by Crippen LogP contribution is 2.30. The second-order valence-electron chi connectivity index (χ2n) is 3.12. The first kappa shape index (κ1) is 14.4. The second kappa shape index (κ2) is 5.78. The van der Waals surface area contributed by atoms with E-state index in [9.17, 15) is 13.2 Å². The minimum atomic E-state index is -4.88. The third-order valence-electron chi connectivity index (χ3n) is 1.93. The summed E-state index contributed by atoms with van der Waals surface area (Å²) in [6.45, 7) is 0. The van der Waals surface area contributed by atoms with E-state index < -0.39 is 12.2 Å². The molecule has 18 heavy (non-hydrogen) atoms. The van der Waals surface area contributed by atoms with E-state index in [-0.39, 0.29) is 29.3 Å². The number of hydrogen-bond donors (Lipinski definition) is 0. The van der Waals surface area contributed by atoms with Gasteiger partial charge in [-0.1, -0.05) is 0 Å². The Morgan fingerprint density at radius 1 is 1.50 bits per heavy atom. The van der Waals surface area contributed by atoms with E-state index in [0.29, 0.717) is 0 Å². The molecule has 1 aromatic rings. The molecule has 1 heterocycles. The molecule has 0 N–H and O–H groups in total. The van der Waals surface area contributed by atoms with Crippen LogP contribution in [0.5, 0.6) is 11.6 Å². The van der Waals surface area contributed by atoms with Gasteiger partial charge in [-0.05, 0) is 6.07 Å². The Bertz CT molecular complexity index is 471. The van der Waals surface area contributed by atoms with E-state index in [0.717, 1.165) is 0 Å². The zero-order chi connectivity index (χ0) is 13.8. The Morgan fingerprint density at radius 2 is 2.17 bits per heavy atom. The van der Waals surface area contributed by atoms with E-state index in [1.165, 1.54) is 13.2 Å². The number of alkyl halides is 4. The average Bonchev–Trinajstić information content (AvgIpc) is 2.29. The Balaban J connectivity index is 3.25. The molecule has 0 amide bonds. The fourth-order valence-corrected chi connectivity index (χ4v) is 1.43. The van der Waals surface area contributed by atoms with E-state index in [1.807, 2.05) is 0 Å². The van der Waals surface area contributed by atoms with Gasteiger partial charge >= 0.3 is 6.36 Å². The van der Waals surface area contributed by atoms with Crippen molar-refractivity contribution in [3.8, 4) is 17.7 Å². The van der Waals surface area contributed by atoms with E-state index in [1.54, 1.807) is 6.07 Å². The molecule has 1 rings (SSSR count). The highest BCUT2D eigenvalue weighted by Gasteiger charge is 2.33.